The van der Waals surface area contributed by atoms with E-state index in [2.05, 4.69) is 4.98 Å². The number of carbonyl (C=O) groups excluding carboxylic acids is 1. The molecule has 1 aromatic carbocycles. The first kappa shape index (κ1) is 11.0. The van der Waals surface area contributed by atoms with E-state index < -0.39 is 0 Å². The molecule has 0 amide bonds. The van der Waals surface area contributed by atoms with Gasteiger partial charge in [0, 0.05) is 22.2 Å². The Labute approximate surface area is 108 Å². The van der Waals surface area contributed by atoms with Crippen molar-refractivity contribution >= 4 is 28.0 Å². The van der Waals surface area contributed by atoms with E-state index in [1.54, 1.807) is 11.3 Å². The van der Waals surface area contributed by atoms with E-state index >= 15 is 0 Å². The van der Waals surface area contributed by atoms with Gasteiger partial charge in [0.25, 0.3) is 0 Å². The largest absolute Gasteiger partial charge is 0.494 e. The highest BCUT2D eigenvalue weighted by Crippen LogP contribution is 2.28. The summed E-state index contributed by atoms with van der Waals surface area (Å²) in [6, 6.07) is 11.3. The lowest BCUT2D eigenvalue weighted by Crippen LogP contribution is -2.01. The van der Waals surface area contributed by atoms with Gasteiger partial charge in [-0.15, -0.1) is 11.3 Å². The van der Waals surface area contributed by atoms with Crippen LogP contribution in [0.1, 0.15) is 15.2 Å². The van der Waals surface area contributed by atoms with Crippen LogP contribution in [0.15, 0.2) is 41.8 Å². The maximum Gasteiger partial charge on any atom is 0.200 e. The Balaban J connectivity index is 2.03. The Morgan fingerprint density at radius 1 is 1.22 bits per heavy atom. The topological polar surface area (TPSA) is 53.1 Å². The summed E-state index contributed by atoms with van der Waals surface area (Å²) in [7, 11) is 0. The van der Waals surface area contributed by atoms with Gasteiger partial charge in [-0.1, -0.05) is 24.3 Å². The molecule has 3 aromatic rings. The van der Waals surface area contributed by atoms with Crippen LogP contribution in [0.2, 0.25) is 0 Å². The van der Waals surface area contributed by atoms with Crippen molar-refractivity contribution < 1.29 is 9.90 Å². The SMILES string of the molecule is O=C(Cc1cccs1)c1c(O)[nH]c2ccccc12. The summed E-state index contributed by atoms with van der Waals surface area (Å²) >= 11 is 1.55. The number of benzene rings is 1. The number of ketones is 1. The van der Waals surface area contributed by atoms with Gasteiger partial charge < -0.3 is 10.1 Å². The van der Waals surface area contributed by atoms with Crippen molar-refractivity contribution in [2.75, 3.05) is 0 Å². The lowest BCUT2D eigenvalue weighted by molar-refractivity contribution is 0.0993. The fourth-order valence-corrected chi connectivity index (χ4v) is 2.77. The van der Waals surface area contributed by atoms with E-state index in [0.29, 0.717) is 12.0 Å². The molecule has 0 aliphatic carbocycles. The van der Waals surface area contributed by atoms with Crippen LogP contribution in [0, 0.1) is 0 Å². The minimum Gasteiger partial charge on any atom is -0.494 e. The first-order chi connectivity index (χ1) is 8.75. The van der Waals surface area contributed by atoms with Crippen LogP contribution in [0.3, 0.4) is 0 Å². The molecule has 3 nitrogen and oxygen atoms in total. The number of hydrogen-bond donors (Lipinski definition) is 2. The molecule has 0 bridgehead atoms. The number of aromatic amines is 1. The summed E-state index contributed by atoms with van der Waals surface area (Å²) in [5, 5.41) is 12.6. The number of carbonyl (C=O) groups is 1. The van der Waals surface area contributed by atoms with E-state index in [4.69, 9.17) is 0 Å². The van der Waals surface area contributed by atoms with Crippen LogP contribution in [-0.4, -0.2) is 15.9 Å². The lowest BCUT2D eigenvalue weighted by atomic mass is 10.1. The summed E-state index contributed by atoms with van der Waals surface area (Å²) in [5.41, 5.74) is 1.17. The van der Waals surface area contributed by atoms with Crippen LogP contribution in [0.4, 0.5) is 0 Å². The van der Waals surface area contributed by atoms with Crippen molar-refractivity contribution in [1.29, 1.82) is 0 Å². The van der Waals surface area contributed by atoms with Gasteiger partial charge in [-0.3, -0.25) is 4.79 Å². The number of Topliss-reactive ketones (excluding diaryl/α,β-unsaturated/α-hetero) is 1. The monoisotopic (exact) mass is 257 g/mol. The molecule has 0 unspecified atom stereocenters. The van der Waals surface area contributed by atoms with Crippen molar-refractivity contribution in [2.45, 2.75) is 6.42 Å². The quantitative estimate of drug-likeness (QED) is 0.707. The van der Waals surface area contributed by atoms with E-state index in [1.807, 2.05) is 41.8 Å². The van der Waals surface area contributed by atoms with Gasteiger partial charge in [0.15, 0.2) is 5.78 Å². The van der Waals surface area contributed by atoms with E-state index in [0.717, 1.165) is 15.8 Å². The third-order valence-corrected chi connectivity index (χ3v) is 3.76. The van der Waals surface area contributed by atoms with E-state index in [9.17, 15) is 9.90 Å². The van der Waals surface area contributed by atoms with Crippen molar-refractivity contribution in [1.82, 2.24) is 4.98 Å². The second-order valence-electron chi connectivity index (χ2n) is 4.07. The third-order valence-electron chi connectivity index (χ3n) is 2.88. The number of thiophene rings is 1. The second kappa shape index (κ2) is 4.31. The Morgan fingerprint density at radius 3 is 2.83 bits per heavy atom. The molecule has 18 heavy (non-hydrogen) atoms. The molecule has 90 valence electrons. The van der Waals surface area contributed by atoms with Crippen LogP contribution >= 0.6 is 11.3 Å². The number of para-hydroxylation sites is 1. The second-order valence-corrected chi connectivity index (χ2v) is 5.11. The molecular weight excluding hydrogens is 246 g/mol. The molecule has 2 N–H and O–H groups in total. The summed E-state index contributed by atoms with van der Waals surface area (Å²) in [6.07, 6.45) is 0.326. The van der Waals surface area contributed by atoms with Gasteiger partial charge in [-0.2, -0.15) is 0 Å². The third kappa shape index (κ3) is 1.80. The van der Waals surface area contributed by atoms with Crippen LogP contribution in [-0.2, 0) is 6.42 Å². The predicted octanol–water partition coefficient (Wildman–Crippen LogP) is 3.36. The maximum atomic E-state index is 12.2. The number of fused-ring (bicyclic) bond motifs is 1. The first-order valence-corrected chi connectivity index (χ1v) is 6.49. The normalized spacial score (nSPS) is 10.9. The average molecular weight is 257 g/mol. The zero-order valence-electron chi connectivity index (χ0n) is 9.51. The Morgan fingerprint density at radius 2 is 2.06 bits per heavy atom. The van der Waals surface area contributed by atoms with Crippen LogP contribution < -0.4 is 0 Å². The number of aromatic hydroxyl groups is 1. The highest BCUT2D eigenvalue weighted by Gasteiger charge is 2.18. The molecule has 0 atom stereocenters. The molecule has 3 rings (SSSR count). The van der Waals surface area contributed by atoms with E-state index in [-0.39, 0.29) is 11.7 Å². The van der Waals surface area contributed by atoms with Crippen molar-refractivity contribution in [3.8, 4) is 5.88 Å². The molecule has 4 heteroatoms. The molecule has 0 saturated carbocycles. The fraction of sp³-hybridized carbons (Fsp3) is 0.0714. The minimum absolute atomic E-state index is 0.0437. The Kier molecular flexibility index (Phi) is 2.64. The molecule has 0 aliphatic rings. The lowest BCUT2D eigenvalue weighted by Gasteiger charge is -1.98. The number of nitrogens with one attached hydrogen (secondary N) is 1. The predicted molar refractivity (Wildman–Crippen MR) is 72.3 cm³/mol. The van der Waals surface area contributed by atoms with Gasteiger partial charge in [-0.25, -0.2) is 0 Å². The smallest absolute Gasteiger partial charge is 0.200 e. The highest BCUT2D eigenvalue weighted by molar-refractivity contribution is 7.10. The van der Waals surface area contributed by atoms with Crippen LogP contribution in [0.25, 0.3) is 10.9 Å². The van der Waals surface area contributed by atoms with Gasteiger partial charge in [0.05, 0.1) is 5.56 Å². The highest BCUT2D eigenvalue weighted by atomic mass is 32.1. The number of H-pyrrole nitrogens is 1. The van der Waals surface area contributed by atoms with Crippen LogP contribution in [0.5, 0.6) is 5.88 Å². The van der Waals surface area contributed by atoms with Gasteiger partial charge in [0.1, 0.15) is 0 Å². The summed E-state index contributed by atoms with van der Waals surface area (Å²) in [4.78, 5) is 16.1. The van der Waals surface area contributed by atoms with Crippen molar-refractivity contribution in [3.05, 3.63) is 52.2 Å². The fourth-order valence-electron chi connectivity index (χ4n) is 2.07. The number of rotatable bonds is 3. The Hall–Kier alpha value is -2.07. The summed E-state index contributed by atoms with van der Waals surface area (Å²) in [6.45, 7) is 0. The molecule has 2 heterocycles. The molecule has 2 aromatic heterocycles. The molecule has 0 radical (unpaired) electrons. The minimum atomic E-state index is -0.0626. The first-order valence-electron chi connectivity index (χ1n) is 5.61. The molecule has 0 spiro atoms. The summed E-state index contributed by atoms with van der Waals surface area (Å²) < 4.78 is 0. The Bertz CT molecular complexity index is 698. The van der Waals surface area contributed by atoms with E-state index in [1.165, 1.54) is 0 Å². The summed E-state index contributed by atoms with van der Waals surface area (Å²) in [5.74, 6) is -0.106. The van der Waals surface area contributed by atoms with Crippen molar-refractivity contribution in [3.63, 3.8) is 0 Å². The zero-order valence-corrected chi connectivity index (χ0v) is 10.3. The average Bonchev–Trinajstić information content (AvgIpc) is 2.94. The molecule has 0 fully saturated rings. The van der Waals surface area contributed by atoms with Gasteiger partial charge in [0.2, 0.25) is 5.88 Å². The standard InChI is InChI=1S/C14H11NO2S/c16-12(8-9-4-3-7-18-9)13-10-5-1-2-6-11(10)15-14(13)17/h1-7,15,17H,8H2. The van der Waals surface area contributed by atoms with Gasteiger partial charge >= 0.3 is 0 Å². The molecule has 0 saturated heterocycles. The number of hydrogen-bond acceptors (Lipinski definition) is 3. The van der Waals surface area contributed by atoms with Gasteiger partial charge in [-0.05, 0) is 17.5 Å². The number of aromatic nitrogens is 1. The molecule has 0 aliphatic heterocycles. The van der Waals surface area contributed by atoms with Crippen molar-refractivity contribution in [2.24, 2.45) is 0 Å². The molecular formula is C14H11NO2S. The zero-order chi connectivity index (χ0) is 12.5. The maximum absolute atomic E-state index is 12.2.